The number of quaternary nitrogens is 1. The predicted octanol–water partition coefficient (Wildman–Crippen LogP) is 18.8. The number of rotatable bonds is 57. The molecule has 3 atom stereocenters. The maximum absolute atomic E-state index is 13.5. The third-order valence-electron chi connectivity index (χ3n) is 14.0. The molecule has 0 aromatic carbocycles. The van der Waals surface area contributed by atoms with Gasteiger partial charge in [0.15, 0.2) is 0 Å². The average Bonchev–Trinajstić information content (AvgIpc) is 3.37. The van der Waals surface area contributed by atoms with Crippen LogP contribution >= 0.6 is 7.82 Å². The minimum Gasteiger partial charge on any atom is -0.756 e. The fourth-order valence-corrected chi connectivity index (χ4v) is 9.76. The first kappa shape index (κ1) is 72.7. The van der Waals surface area contributed by atoms with Crippen molar-refractivity contribution in [3.05, 3.63) is 60.8 Å². The first-order valence-corrected chi connectivity index (χ1v) is 33.1. The Bertz CT molecular complexity index is 1470. The van der Waals surface area contributed by atoms with Crippen LogP contribution in [-0.2, 0) is 27.9 Å². The number of ether oxygens (including phenoxy) is 1. The van der Waals surface area contributed by atoms with Gasteiger partial charge in [0.05, 0.1) is 33.8 Å². The van der Waals surface area contributed by atoms with E-state index in [4.69, 9.17) is 13.8 Å². The summed E-state index contributed by atoms with van der Waals surface area (Å²) in [7, 11) is 1.17. The smallest absolute Gasteiger partial charge is 0.306 e. The summed E-state index contributed by atoms with van der Waals surface area (Å²) in [4.78, 5) is 40.0. The molecule has 0 aromatic rings. The Kier molecular flexibility index (Phi) is 53.4. The number of carbonyl (C=O) groups is 2. The monoisotopic (exact) mass is 1070 g/mol. The van der Waals surface area contributed by atoms with Crippen LogP contribution < -0.4 is 10.2 Å². The summed E-state index contributed by atoms with van der Waals surface area (Å²) in [6.07, 6.45) is 69.0. The number of phosphoric ester groups is 1. The van der Waals surface area contributed by atoms with Crippen LogP contribution in [0.25, 0.3) is 0 Å². The highest BCUT2D eigenvalue weighted by molar-refractivity contribution is 7.45. The van der Waals surface area contributed by atoms with E-state index in [0.717, 1.165) is 77.0 Å². The van der Waals surface area contributed by atoms with Crippen molar-refractivity contribution in [1.82, 2.24) is 5.32 Å². The SMILES string of the molecule is CCCCC/C=C\C/C=C\C/C=C\C/C=C\CCCCCC(=O)NC(COP(=O)([O-])OCC[N+](C)(C)C)C(/C=C/CCCCCCCCCCC)OC(=O)CCCCCCCCCCCCCCCCCCCCC. The van der Waals surface area contributed by atoms with Crippen molar-refractivity contribution in [1.29, 1.82) is 0 Å². The number of hydrogen-bond acceptors (Lipinski definition) is 7. The summed E-state index contributed by atoms with van der Waals surface area (Å²) in [5, 5.41) is 3.01. The van der Waals surface area contributed by atoms with Gasteiger partial charge in [-0.1, -0.05) is 262 Å². The summed E-state index contributed by atoms with van der Waals surface area (Å²) in [5.74, 6) is -0.569. The largest absolute Gasteiger partial charge is 0.756 e. The lowest BCUT2D eigenvalue weighted by Crippen LogP contribution is -2.47. The van der Waals surface area contributed by atoms with Crippen LogP contribution in [0.15, 0.2) is 60.8 Å². The Labute approximate surface area is 464 Å². The highest BCUT2D eigenvalue weighted by Gasteiger charge is 2.27. The summed E-state index contributed by atoms with van der Waals surface area (Å²) >= 11 is 0. The van der Waals surface area contributed by atoms with Gasteiger partial charge in [-0.2, -0.15) is 0 Å². The zero-order valence-corrected chi connectivity index (χ0v) is 50.9. The molecule has 0 aromatic heterocycles. The van der Waals surface area contributed by atoms with E-state index in [-0.39, 0.29) is 31.3 Å². The molecule has 9 nitrogen and oxygen atoms in total. The summed E-state index contributed by atoms with van der Waals surface area (Å²) in [5.41, 5.74) is 0. The highest BCUT2D eigenvalue weighted by atomic mass is 31.2. The minimum absolute atomic E-state index is 0.0289. The molecule has 75 heavy (non-hydrogen) atoms. The van der Waals surface area contributed by atoms with Crippen LogP contribution in [-0.4, -0.2) is 69.4 Å². The van der Waals surface area contributed by atoms with Crippen LogP contribution in [0, 0.1) is 0 Å². The first-order chi connectivity index (χ1) is 36.4. The fraction of sp³-hybridized carbons (Fsp3) is 0.815. The Morgan fingerprint density at radius 2 is 0.813 bits per heavy atom. The lowest BCUT2D eigenvalue weighted by atomic mass is 10.0. The molecule has 0 aliphatic rings. The number of likely N-dealkylation sites (N-methyl/N-ethyl adjacent to an activating group) is 1. The fourth-order valence-electron chi connectivity index (χ4n) is 9.04. The number of nitrogens with zero attached hydrogens (tertiary/aromatic N) is 1. The maximum atomic E-state index is 13.5. The number of allylic oxidation sites excluding steroid dienone is 9. The van der Waals surface area contributed by atoms with E-state index in [1.54, 1.807) is 0 Å². The second-order valence-corrected chi connectivity index (χ2v) is 24.0. The molecule has 438 valence electrons. The van der Waals surface area contributed by atoms with Gasteiger partial charge in [-0.3, -0.25) is 14.2 Å². The van der Waals surface area contributed by atoms with Crippen molar-refractivity contribution < 1.29 is 37.3 Å². The van der Waals surface area contributed by atoms with Crippen molar-refractivity contribution in [2.24, 2.45) is 0 Å². The Hall–Kier alpha value is -2.29. The molecule has 0 aliphatic carbocycles. The van der Waals surface area contributed by atoms with Crippen LogP contribution in [0.3, 0.4) is 0 Å². The molecule has 10 heteroatoms. The number of esters is 1. The van der Waals surface area contributed by atoms with Crippen molar-refractivity contribution in [3.8, 4) is 0 Å². The van der Waals surface area contributed by atoms with Gasteiger partial charge in [0.2, 0.25) is 5.91 Å². The van der Waals surface area contributed by atoms with Gasteiger partial charge in [-0.05, 0) is 76.7 Å². The number of unbranched alkanes of at least 4 members (excludes halogenated alkanes) is 33. The molecular weight excluding hydrogens is 952 g/mol. The number of carbonyl (C=O) groups excluding carboxylic acids is 2. The van der Waals surface area contributed by atoms with Gasteiger partial charge in [-0.25, -0.2) is 0 Å². The molecule has 0 spiro atoms. The van der Waals surface area contributed by atoms with Crippen LogP contribution in [0.2, 0.25) is 0 Å². The third kappa shape index (κ3) is 56.2. The molecule has 0 saturated carbocycles. The number of hydrogen-bond donors (Lipinski definition) is 1. The van der Waals surface area contributed by atoms with E-state index in [9.17, 15) is 19.0 Å². The first-order valence-electron chi connectivity index (χ1n) is 31.6. The number of phosphoric acid groups is 1. The van der Waals surface area contributed by atoms with Gasteiger partial charge in [0.25, 0.3) is 7.82 Å². The molecule has 1 N–H and O–H groups in total. The van der Waals surface area contributed by atoms with Gasteiger partial charge in [-0.15, -0.1) is 0 Å². The van der Waals surface area contributed by atoms with E-state index in [2.05, 4.69) is 74.7 Å². The average molecular weight is 1070 g/mol. The van der Waals surface area contributed by atoms with E-state index in [1.807, 2.05) is 33.3 Å². The minimum atomic E-state index is -4.71. The van der Waals surface area contributed by atoms with Crippen molar-refractivity contribution >= 4 is 19.7 Å². The zero-order chi connectivity index (χ0) is 55.0. The molecular formula is C65H121N2O7P. The molecule has 0 rings (SSSR count). The lowest BCUT2D eigenvalue weighted by molar-refractivity contribution is -0.870. The lowest BCUT2D eigenvalue weighted by Gasteiger charge is -2.30. The topological polar surface area (TPSA) is 114 Å². The number of nitrogens with one attached hydrogen (secondary N) is 1. The quantitative estimate of drug-likeness (QED) is 0.0212. The summed E-state index contributed by atoms with van der Waals surface area (Å²) in [6.45, 7) is 6.81. The molecule has 0 saturated heterocycles. The van der Waals surface area contributed by atoms with Gasteiger partial charge < -0.3 is 28.5 Å². The molecule has 0 aliphatic heterocycles. The maximum Gasteiger partial charge on any atom is 0.306 e. The molecule has 1 amide bonds. The summed E-state index contributed by atoms with van der Waals surface area (Å²) < 4.78 is 30.3. The Morgan fingerprint density at radius 1 is 0.467 bits per heavy atom. The van der Waals surface area contributed by atoms with Crippen molar-refractivity contribution in [3.63, 3.8) is 0 Å². The zero-order valence-electron chi connectivity index (χ0n) is 50.0. The van der Waals surface area contributed by atoms with Gasteiger partial charge in [0.1, 0.15) is 19.3 Å². The molecule has 0 fully saturated rings. The Balaban J connectivity index is 5.24. The summed E-state index contributed by atoms with van der Waals surface area (Å²) in [6, 6.07) is -0.904. The second kappa shape index (κ2) is 55.0. The number of amides is 1. The molecule has 0 radical (unpaired) electrons. The van der Waals surface area contributed by atoms with E-state index < -0.39 is 26.6 Å². The van der Waals surface area contributed by atoms with Crippen LogP contribution in [0.5, 0.6) is 0 Å². The van der Waals surface area contributed by atoms with Gasteiger partial charge in [0, 0.05) is 12.8 Å². The third-order valence-corrected chi connectivity index (χ3v) is 14.9. The van der Waals surface area contributed by atoms with Gasteiger partial charge >= 0.3 is 5.97 Å². The van der Waals surface area contributed by atoms with Crippen LogP contribution in [0.4, 0.5) is 0 Å². The standard InChI is InChI=1S/C65H121N2O7P/c1-7-10-13-16-19-22-25-27-29-31-33-35-37-39-42-45-48-51-54-57-64(68)66-62(61-73-75(70,71)72-60-59-67(4,5)6)63(56-53-50-47-44-41-24-21-18-15-12-9-3)74-65(69)58-55-52-49-46-43-40-38-36-34-32-30-28-26-23-20-17-14-11-8-2/h19,22,27,29,33,35,39,42,53,56,62-63H,7-18,20-21,23-26,28,30-32,34,36-38,40-41,43-52,54-55,57-61H2,1-6H3,(H-,66,68,70,71)/b22-19-,29-27-,35-33-,42-39-,56-53+. The predicted molar refractivity (Wildman–Crippen MR) is 321 cm³/mol. The van der Waals surface area contributed by atoms with E-state index >= 15 is 0 Å². The molecule has 3 unspecified atom stereocenters. The second-order valence-electron chi connectivity index (χ2n) is 22.6. The highest BCUT2D eigenvalue weighted by Crippen LogP contribution is 2.38. The van der Waals surface area contributed by atoms with E-state index in [1.165, 1.54) is 173 Å². The Morgan fingerprint density at radius 3 is 1.25 bits per heavy atom. The normalized spacial score (nSPS) is 14.1. The van der Waals surface area contributed by atoms with Crippen LogP contribution in [0.1, 0.15) is 290 Å². The molecule has 0 bridgehead atoms. The molecule has 0 heterocycles. The van der Waals surface area contributed by atoms with Crippen molar-refractivity contribution in [2.45, 2.75) is 303 Å². The van der Waals surface area contributed by atoms with Crippen molar-refractivity contribution in [2.75, 3.05) is 40.9 Å². The van der Waals surface area contributed by atoms with E-state index in [0.29, 0.717) is 17.4 Å².